The summed E-state index contributed by atoms with van der Waals surface area (Å²) in [6, 6.07) is 0. The summed E-state index contributed by atoms with van der Waals surface area (Å²) in [6.07, 6.45) is 9.81. The molecule has 3 saturated carbocycles. The first kappa shape index (κ1) is 16.7. The fraction of sp³-hybridized carbons (Fsp3) is 0.762. The molecule has 0 aliphatic heterocycles. The maximum atomic E-state index is 11.9. The molecule has 0 aromatic rings. The zero-order valence-corrected chi connectivity index (χ0v) is 15.5. The lowest BCUT2D eigenvalue weighted by Gasteiger charge is -2.58. The van der Waals surface area contributed by atoms with E-state index >= 15 is 0 Å². The van der Waals surface area contributed by atoms with E-state index in [-0.39, 0.29) is 10.8 Å². The predicted molar refractivity (Wildman–Crippen MR) is 95.3 cm³/mol. The second-order valence-electron chi connectivity index (χ2n) is 9.04. The van der Waals surface area contributed by atoms with E-state index < -0.39 is 5.60 Å². The van der Waals surface area contributed by atoms with Crippen molar-refractivity contribution in [3.63, 3.8) is 0 Å². The summed E-state index contributed by atoms with van der Waals surface area (Å²) in [5.74, 6) is 5.07. The van der Waals surface area contributed by atoms with Crippen molar-refractivity contribution in [2.75, 3.05) is 0 Å². The molecule has 0 aromatic heterocycles. The monoisotopic (exact) mass is 346 g/mol. The number of carbonyl (C=O) groups is 1. The number of hydrogen-bond donors (Lipinski definition) is 1. The van der Waals surface area contributed by atoms with E-state index in [1.165, 1.54) is 5.57 Å². The van der Waals surface area contributed by atoms with Crippen LogP contribution in [0.4, 0.5) is 0 Å². The van der Waals surface area contributed by atoms with Crippen molar-refractivity contribution in [1.82, 2.24) is 0 Å². The van der Waals surface area contributed by atoms with Crippen LogP contribution in [0, 0.1) is 39.9 Å². The molecule has 3 fully saturated rings. The average Bonchev–Trinajstić information content (AvgIpc) is 2.80. The van der Waals surface area contributed by atoms with Gasteiger partial charge in [-0.2, -0.15) is 0 Å². The molecule has 4 aliphatic carbocycles. The quantitative estimate of drug-likeness (QED) is 0.658. The van der Waals surface area contributed by atoms with Crippen molar-refractivity contribution in [1.29, 1.82) is 0 Å². The standard InChI is InChI=1S/C21H27ClO2/c1-19-8-5-15(23)13-14(19)3-4-16-17(19)6-9-20(2)18(16)7-10-21(20,24)11-12-22/h13,16-18,24H,3-10H2,1-2H3/t16-,17+,18+,19+,20+,21-/m1/s1. The molecule has 130 valence electrons. The first-order chi connectivity index (χ1) is 11.3. The Labute approximate surface area is 150 Å². The first-order valence-corrected chi connectivity index (χ1v) is 9.81. The number of hydrogen-bond acceptors (Lipinski definition) is 2. The zero-order chi connectivity index (χ0) is 17.2. The van der Waals surface area contributed by atoms with Crippen molar-refractivity contribution >= 4 is 17.4 Å². The molecule has 6 atom stereocenters. The Kier molecular flexibility index (Phi) is 3.72. The van der Waals surface area contributed by atoms with Crippen LogP contribution in [0.2, 0.25) is 0 Å². The first-order valence-electron chi connectivity index (χ1n) is 9.43. The second kappa shape index (κ2) is 5.36. The number of halogens is 1. The van der Waals surface area contributed by atoms with Crippen molar-refractivity contribution in [2.24, 2.45) is 28.6 Å². The van der Waals surface area contributed by atoms with E-state index in [4.69, 9.17) is 11.6 Å². The molecule has 2 nitrogen and oxygen atoms in total. The Morgan fingerprint density at radius 1 is 1.12 bits per heavy atom. The minimum absolute atomic E-state index is 0.141. The fourth-order valence-corrected chi connectivity index (χ4v) is 7.02. The minimum atomic E-state index is -0.927. The van der Waals surface area contributed by atoms with Crippen LogP contribution in [0.25, 0.3) is 0 Å². The topological polar surface area (TPSA) is 37.3 Å². The molecule has 0 amide bonds. The van der Waals surface area contributed by atoms with Gasteiger partial charge in [-0.05, 0) is 85.8 Å². The number of rotatable bonds is 0. The van der Waals surface area contributed by atoms with Gasteiger partial charge in [0.1, 0.15) is 5.60 Å². The van der Waals surface area contributed by atoms with Crippen LogP contribution in [-0.4, -0.2) is 16.5 Å². The highest BCUT2D eigenvalue weighted by atomic mass is 35.5. The molecular formula is C21H27ClO2. The second-order valence-corrected chi connectivity index (χ2v) is 9.23. The van der Waals surface area contributed by atoms with E-state index in [2.05, 4.69) is 25.1 Å². The van der Waals surface area contributed by atoms with Crippen LogP contribution >= 0.6 is 11.6 Å². The minimum Gasteiger partial charge on any atom is -0.377 e. The third kappa shape index (κ3) is 2.04. The SMILES string of the molecule is C[C@]12CCC(=O)C=C1CC[C@@H]1[C@@H]2CC[C@@]2(C)[C@H]1CC[C@@]2(O)C#CCl. The summed E-state index contributed by atoms with van der Waals surface area (Å²) < 4.78 is 0. The van der Waals surface area contributed by atoms with Crippen LogP contribution in [-0.2, 0) is 4.79 Å². The molecule has 0 heterocycles. The Balaban J connectivity index is 1.69. The lowest BCUT2D eigenvalue weighted by atomic mass is 9.46. The van der Waals surface area contributed by atoms with E-state index in [0.29, 0.717) is 30.0 Å². The number of carbonyl (C=O) groups excluding carboxylic acids is 1. The lowest BCUT2D eigenvalue weighted by Crippen LogP contribution is -2.54. The molecule has 1 N–H and O–H groups in total. The molecule has 4 aliphatic rings. The highest BCUT2D eigenvalue weighted by Crippen LogP contribution is 2.67. The third-order valence-corrected chi connectivity index (χ3v) is 8.46. The Bertz CT molecular complexity index is 671. The van der Waals surface area contributed by atoms with Gasteiger partial charge in [0.05, 0.1) is 0 Å². The van der Waals surface area contributed by atoms with Gasteiger partial charge in [0.2, 0.25) is 0 Å². The summed E-state index contributed by atoms with van der Waals surface area (Å²) in [7, 11) is 0. The molecule has 0 unspecified atom stereocenters. The summed E-state index contributed by atoms with van der Waals surface area (Å²) in [6.45, 7) is 4.63. The summed E-state index contributed by atoms with van der Waals surface area (Å²) >= 11 is 5.67. The number of allylic oxidation sites excluding steroid dienone is 1. The normalized spacial score (nSPS) is 50.1. The van der Waals surface area contributed by atoms with Gasteiger partial charge in [0.25, 0.3) is 0 Å². The van der Waals surface area contributed by atoms with E-state index in [1.807, 2.05) is 6.08 Å². The maximum Gasteiger partial charge on any atom is 0.155 e. The molecule has 0 spiro atoms. The molecule has 3 heteroatoms. The lowest BCUT2D eigenvalue weighted by molar-refractivity contribution is -0.119. The van der Waals surface area contributed by atoms with E-state index in [0.717, 1.165) is 44.9 Å². The van der Waals surface area contributed by atoms with Crippen LogP contribution < -0.4 is 0 Å². The van der Waals surface area contributed by atoms with Gasteiger partial charge in [-0.15, -0.1) is 0 Å². The molecule has 0 aromatic carbocycles. The highest BCUT2D eigenvalue weighted by molar-refractivity contribution is 6.30. The van der Waals surface area contributed by atoms with Crippen molar-refractivity contribution in [2.45, 2.75) is 70.8 Å². The van der Waals surface area contributed by atoms with Crippen LogP contribution in [0.15, 0.2) is 11.6 Å². The van der Waals surface area contributed by atoms with Crippen molar-refractivity contribution in [3.05, 3.63) is 11.6 Å². The number of fused-ring (bicyclic) bond motifs is 5. The summed E-state index contributed by atoms with van der Waals surface area (Å²) in [5, 5.41) is 13.6. The molecule has 24 heavy (non-hydrogen) atoms. The Hall–Kier alpha value is -0.780. The third-order valence-electron chi connectivity index (χ3n) is 8.37. The average molecular weight is 347 g/mol. The largest absolute Gasteiger partial charge is 0.377 e. The molecule has 4 rings (SSSR count). The van der Waals surface area contributed by atoms with Gasteiger partial charge >= 0.3 is 0 Å². The van der Waals surface area contributed by atoms with Crippen molar-refractivity contribution < 1.29 is 9.90 Å². The fourth-order valence-electron chi connectivity index (χ4n) is 6.86. The molecule has 0 saturated heterocycles. The number of aliphatic hydroxyl groups is 1. The highest BCUT2D eigenvalue weighted by Gasteiger charge is 2.63. The predicted octanol–water partition coefficient (Wildman–Crippen LogP) is 4.45. The van der Waals surface area contributed by atoms with Crippen LogP contribution in [0.3, 0.4) is 0 Å². The van der Waals surface area contributed by atoms with Gasteiger partial charge in [-0.1, -0.05) is 25.3 Å². The van der Waals surface area contributed by atoms with E-state index in [9.17, 15) is 9.90 Å². The molecule has 0 radical (unpaired) electrons. The van der Waals surface area contributed by atoms with Gasteiger partial charge < -0.3 is 5.11 Å². The van der Waals surface area contributed by atoms with Crippen LogP contribution in [0.1, 0.15) is 65.2 Å². The summed E-state index contributed by atoms with van der Waals surface area (Å²) in [5.41, 5.74) is 0.524. The van der Waals surface area contributed by atoms with Gasteiger partial charge in [-0.3, -0.25) is 4.79 Å². The van der Waals surface area contributed by atoms with Crippen LogP contribution in [0.5, 0.6) is 0 Å². The van der Waals surface area contributed by atoms with E-state index in [1.54, 1.807) is 0 Å². The Morgan fingerprint density at radius 2 is 1.88 bits per heavy atom. The Morgan fingerprint density at radius 3 is 2.62 bits per heavy atom. The zero-order valence-electron chi connectivity index (χ0n) is 14.7. The van der Waals surface area contributed by atoms with Crippen molar-refractivity contribution in [3.8, 4) is 11.3 Å². The summed E-state index contributed by atoms with van der Waals surface area (Å²) in [4.78, 5) is 11.9. The van der Waals surface area contributed by atoms with Gasteiger partial charge in [0.15, 0.2) is 5.78 Å². The number of ketones is 1. The molecule has 0 bridgehead atoms. The van der Waals surface area contributed by atoms with Gasteiger partial charge in [0, 0.05) is 17.2 Å². The molecular weight excluding hydrogens is 320 g/mol. The maximum absolute atomic E-state index is 11.9. The smallest absolute Gasteiger partial charge is 0.155 e. The van der Waals surface area contributed by atoms with Gasteiger partial charge in [-0.25, -0.2) is 0 Å².